The molecule has 2 aliphatic rings. The summed E-state index contributed by atoms with van der Waals surface area (Å²) in [6.45, 7) is 8.38. The van der Waals surface area contributed by atoms with Crippen molar-refractivity contribution in [3.05, 3.63) is 16.1 Å². The van der Waals surface area contributed by atoms with E-state index in [2.05, 4.69) is 16.8 Å². The molecule has 0 spiro atoms. The Kier molecular flexibility index (Phi) is 5.04. The lowest BCUT2D eigenvalue weighted by Crippen LogP contribution is -2.51. The Balaban J connectivity index is 1.63. The Morgan fingerprint density at radius 3 is 2.87 bits per heavy atom. The summed E-state index contributed by atoms with van der Waals surface area (Å²) < 4.78 is 0. The molecule has 0 aromatic carbocycles. The lowest BCUT2D eigenvalue weighted by atomic mass is 9.81. The van der Waals surface area contributed by atoms with Crippen LogP contribution in [0.3, 0.4) is 0 Å². The Bertz CT molecular complexity index is 552. The Morgan fingerprint density at radius 1 is 1.43 bits per heavy atom. The van der Waals surface area contributed by atoms with Gasteiger partial charge in [0.1, 0.15) is 9.88 Å². The zero-order chi connectivity index (χ0) is 16.4. The summed E-state index contributed by atoms with van der Waals surface area (Å²) in [6.07, 6.45) is 5.80. The number of aliphatic hydroxyl groups is 1. The third-order valence-corrected chi connectivity index (χ3v) is 6.28. The first-order valence-electron chi connectivity index (χ1n) is 8.68. The normalized spacial score (nSPS) is 29.2. The summed E-state index contributed by atoms with van der Waals surface area (Å²) in [5.74, 6) is 0.223. The van der Waals surface area contributed by atoms with Crippen molar-refractivity contribution in [3.63, 3.8) is 0 Å². The van der Waals surface area contributed by atoms with Gasteiger partial charge < -0.3 is 10.0 Å². The molecule has 0 radical (unpaired) electrons. The van der Waals surface area contributed by atoms with Gasteiger partial charge in [0.05, 0.1) is 18.3 Å². The summed E-state index contributed by atoms with van der Waals surface area (Å²) in [6, 6.07) is 0. The van der Waals surface area contributed by atoms with Crippen LogP contribution in [0.15, 0.2) is 6.20 Å². The van der Waals surface area contributed by atoms with E-state index in [-0.39, 0.29) is 11.8 Å². The maximum atomic E-state index is 12.7. The molecule has 3 heterocycles. The maximum absolute atomic E-state index is 12.7. The molecule has 0 bridgehead atoms. The predicted octanol–water partition coefficient (Wildman–Crippen LogP) is 2.36. The quantitative estimate of drug-likeness (QED) is 0.916. The first-order chi connectivity index (χ1) is 11.0. The lowest BCUT2D eigenvalue weighted by molar-refractivity contribution is -0.0520. The number of hydrogen-bond acceptors (Lipinski definition) is 5. The number of aromatic nitrogens is 1. The molecule has 1 aromatic rings. The van der Waals surface area contributed by atoms with Crippen LogP contribution in [0.4, 0.5) is 0 Å². The molecular formula is C17H27N3O2S. The van der Waals surface area contributed by atoms with E-state index in [0.717, 1.165) is 35.9 Å². The molecule has 0 unspecified atom stereocenters. The number of hydrogen-bond donors (Lipinski definition) is 1. The molecule has 2 atom stereocenters. The van der Waals surface area contributed by atoms with E-state index in [1.54, 1.807) is 6.20 Å². The van der Waals surface area contributed by atoms with E-state index in [1.807, 2.05) is 11.8 Å². The topological polar surface area (TPSA) is 56.7 Å². The molecule has 3 rings (SSSR count). The lowest BCUT2D eigenvalue weighted by Gasteiger charge is -2.42. The van der Waals surface area contributed by atoms with Crippen molar-refractivity contribution in [3.8, 4) is 0 Å². The highest BCUT2D eigenvalue weighted by molar-refractivity contribution is 7.13. The van der Waals surface area contributed by atoms with Crippen molar-refractivity contribution in [2.24, 2.45) is 5.92 Å². The third kappa shape index (κ3) is 3.75. The van der Waals surface area contributed by atoms with Crippen LogP contribution in [0.2, 0.25) is 0 Å². The zero-order valence-electron chi connectivity index (χ0n) is 14.1. The van der Waals surface area contributed by atoms with Gasteiger partial charge in [-0.3, -0.25) is 9.69 Å². The predicted molar refractivity (Wildman–Crippen MR) is 91.6 cm³/mol. The van der Waals surface area contributed by atoms with Gasteiger partial charge in [-0.15, -0.1) is 11.3 Å². The van der Waals surface area contributed by atoms with Crippen LogP contribution in [0, 0.1) is 5.92 Å². The molecule has 1 amide bonds. The summed E-state index contributed by atoms with van der Waals surface area (Å²) >= 11 is 1.52. The average Bonchev–Trinajstić information content (AvgIpc) is 3.19. The molecule has 128 valence electrons. The summed E-state index contributed by atoms with van der Waals surface area (Å²) in [4.78, 5) is 22.2. The summed E-state index contributed by atoms with van der Waals surface area (Å²) in [7, 11) is 0. The van der Waals surface area contributed by atoms with E-state index in [1.165, 1.54) is 24.2 Å². The van der Waals surface area contributed by atoms with Crippen molar-refractivity contribution < 1.29 is 9.90 Å². The van der Waals surface area contributed by atoms with Crippen LogP contribution in [-0.2, 0) is 6.54 Å². The van der Waals surface area contributed by atoms with Gasteiger partial charge in [-0.2, -0.15) is 0 Å². The molecule has 0 saturated carbocycles. The Hall–Kier alpha value is -0.980. The molecule has 6 heteroatoms. The fourth-order valence-corrected chi connectivity index (χ4v) is 4.57. The second-order valence-electron chi connectivity index (χ2n) is 7.07. The first-order valence-corrected chi connectivity index (χ1v) is 9.50. The van der Waals surface area contributed by atoms with Gasteiger partial charge >= 0.3 is 0 Å². The number of nitrogens with zero attached hydrogens (tertiary/aromatic N) is 3. The van der Waals surface area contributed by atoms with Crippen LogP contribution in [-0.4, -0.2) is 57.6 Å². The number of amides is 1. The van der Waals surface area contributed by atoms with Gasteiger partial charge in [-0.1, -0.05) is 6.92 Å². The minimum Gasteiger partial charge on any atom is -0.390 e. The second-order valence-corrected chi connectivity index (χ2v) is 8.18. The number of carbonyl (C=O) groups is 1. The maximum Gasteiger partial charge on any atom is 0.265 e. The highest BCUT2D eigenvalue weighted by Gasteiger charge is 2.38. The number of likely N-dealkylation sites (tertiary alicyclic amines) is 2. The van der Waals surface area contributed by atoms with E-state index in [4.69, 9.17) is 0 Å². The molecule has 2 saturated heterocycles. The fraction of sp³-hybridized carbons (Fsp3) is 0.765. The van der Waals surface area contributed by atoms with Crippen molar-refractivity contribution >= 4 is 17.2 Å². The van der Waals surface area contributed by atoms with Gasteiger partial charge in [-0.25, -0.2) is 4.98 Å². The van der Waals surface area contributed by atoms with Crippen molar-refractivity contribution in [2.45, 2.75) is 51.7 Å². The first kappa shape index (κ1) is 16.9. The van der Waals surface area contributed by atoms with E-state index >= 15 is 0 Å². The smallest absolute Gasteiger partial charge is 0.265 e. The highest BCUT2D eigenvalue weighted by atomic mass is 32.1. The fourth-order valence-electron chi connectivity index (χ4n) is 3.64. The monoisotopic (exact) mass is 337 g/mol. The third-order valence-electron chi connectivity index (χ3n) is 5.31. The largest absolute Gasteiger partial charge is 0.390 e. The molecule has 5 nitrogen and oxygen atoms in total. The molecular weight excluding hydrogens is 310 g/mol. The standard InChI is InChI=1S/C17H27N3O2S/c1-3-13-11-20(9-6-17(13,2)22)16(21)14-10-18-15(23-14)12-19-7-4-5-8-19/h10,13,22H,3-9,11-12H2,1-2H3/t13-,17+/m1/s1. The second kappa shape index (κ2) is 6.87. The van der Waals surface area contributed by atoms with Crippen LogP contribution >= 0.6 is 11.3 Å². The highest BCUT2D eigenvalue weighted by Crippen LogP contribution is 2.31. The van der Waals surface area contributed by atoms with Crippen molar-refractivity contribution in [1.82, 2.24) is 14.8 Å². The minimum absolute atomic E-state index is 0.0733. The van der Waals surface area contributed by atoms with Gasteiger partial charge in [0, 0.05) is 19.0 Å². The van der Waals surface area contributed by atoms with Gasteiger partial charge in [-0.05, 0) is 45.7 Å². The zero-order valence-corrected chi connectivity index (χ0v) is 14.9. The molecule has 1 aromatic heterocycles. The van der Waals surface area contributed by atoms with Gasteiger partial charge in [0.2, 0.25) is 0 Å². The Labute approximate surface area is 142 Å². The van der Waals surface area contributed by atoms with E-state index in [9.17, 15) is 9.90 Å². The summed E-state index contributed by atoms with van der Waals surface area (Å²) in [5, 5.41) is 11.4. The number of piperidine rings is 1. The van der Waals surface area contributed by atoms with Crippen molar-refractivity contribution in [2.75, 3.05) is 26.2 Å². The SMILES string of the molecule is CC[C@@H]1CN(C(=O)c2cnc(CN3CCCC3)s2)CC[C@]1(C)O. The number of thiazole rings is 1. The van der Waals surface area contributed by atoms with Gasteiger partial charge in [0.25, 0.3) is 5.91 Å². The van der Waals surface area contributed by atoms with Crippen LogP contribution in [0.5, 0.6) is 0 Å². The number of rotatable bonds is 4. The van der Waals surface area contributed by atoms with Crippen LogP contribution < -0.4 is 0 Å². The molecule has 23 heavy (non-hydrogen) atoms. The van der Waals surface area contributed by atoms with Crippen LogP contribution in [0.25, 0.3) is 0 Å². The molecule has 1 N–H and O–H groups in total. The van der Waals surface area contributed by atoms with Crippen molar-refractivity contribution in [1.29, 1.82) is 0 Å². The van der Waals surface area contributed by atoms with E-state index in [0.29, 0.717) is 19.5 Å². The molecule has 2 fully saturated rings. The number of carbonyl (C=O) groups excluding carboxylic acids is 1. The minimum atomic E-state index is -0.653. The Morgan fingerprint density at radius 2 is 2.17 bits per heavy atom. The van der Waals surface area contributed by atoms with E-state index < -0.39 is 5.60 Å². The van der Waals surface area contributed by atoms with Crippen LogP contribution in [0.1, 0.15) is 54.2 Å². The van der Waals surface area contributed by atoms with Gasteiger partial charge in [0.15, 0.2) is 0 Å². The molecule has 2 aliphatic heterocycles. The molecule has 0 aliphatic carbocycles. The summed E-state index contributed by atoms with van der Waals surface area (Å²) in [5.41, 5.74) is -0.653. The average molecular weight is 337 g/mol.